The van der Waals surface area contributed by atoms with Gasteiger partial charge in [-0.25, -0.2) is 4.39 Å². The smallest absolute Gasteiger partial charge is 0.161 e. The van der Waals surface area contributed by atoms with Crippen molar-refractivity contribution in [3.8, 4) is 6.07 Å². The molecule has 0 atom stereocenters. The maximum atomic E-state index is 14.0. The SMILES string of the molecule is CCN(c1ccc(C#N)c(Br)c1F)C1CC1. The Morgan fingerprint density at radius 1 is 1.56 bits per heavy atom. The van der Waals surface area contributed by atoms with Crippen LogP contribution in [0.3, 0.4) is 0 Å². The fraction of sp³-hybridized carbons (Fsp3) is 0.417. The van der Waals surface area contributed by atoms with E-state index in [4.69, 9.17) is 5.26 Å². The van der Waals surface area contributed by atoms with Gasteiger partial charge in [-0.2, -0.15) is 5.26 Å². The number of benzene rings is 1. The lowest BCUT2D eigenvalue weighted by atomic mass is 10.2. The molecule has 1 aliphatic carbocycles. The first-order chi connectivity index (χ1) is 7.69. The first-order valence-electron chi connectivity index (χ1n) is 5.33. The van der Waals surface area contributed by atoms with Crippen LogP contribution in [-0.4, -0.2) is 12.6 Å². The van der Waals surface area contributed by atoms with E-state index >= 15 is 0 Å². The van der Waals surface area contributed by atoms with Gasteiger partial charge >= 0.3 is 0 Å². The molecule has 16 heavy (non-hydrogen) atoms. The number of hydrogen-bond acceptors (Lipinski definition) is 2. The molecule has 0 heterocycles. The second-order valence-electron chi connectivity index (χ2n) is 3.89. The van der Waals surface area contributed by atoms with Crippen LogP contribution in [0.1, 0.15) is 25.3 Å². The summed E-state index contributed by atoms with van der Waals surface area (Å²) in [5.74, 6) is -0.326. The lowest BCUT2D eigenvalue weighted by Crippen LogP contribution is -2.26. The maximum absolute atomic E-state index is 14.0. The molecule has 0 unspecified atom stereocenters. The van der Waals surface area contributed by atoms with Crippen LogP contribution >= 0.6 is 15.9 Å². The second kappa shape index (κ2) is 4.42. The molecule has 0 radical (unpaired) electrons. The molecule has 1 saturated carbocycles. The van der Waals surface area contributed by atoms with Gasteiger partial charge in [0.15, 0.2) is 5.82 Å². The number of nitriles is 1. The van der Waals surface area contributed by atoms with Gasteiger partial charge in [0.05, 0.1) is 15.7 Å². The summed E-state index contributed by atoms with van der Waals surface area (Å²) in [6.45, 7) is 2.81. The van der Waals surface area contributed by atoms with Gasteiger partial charge in [-0.15, -0.1) is 0 Å². The number of rotatable bonds is 3. The van der Waals surface area contributed by atoms with E-state index < -0.39 is 0 Å². The fourth-order valence-electron chi connectivity index (χ4n) is 1.86. The van der Waals surface area contributed by atoms with E-state index in [2.05, 4.69) is 20.8 Å². The molecule has 1 fully saturated rings. The Hall–Kier alpha value is -1.08. The van der Waals surface area contributed by atoms with E-state index in [9.17, 15) is 4.39 Å². The van der Waals surface area contributed by atoms with Gasteiger partial charge in [0.2, 0.25) is 0 Å². The van der Waals surface area contributed by atoms with Crippen LogP contribution in [0.5, 0.6) is 0 Å². The Labute approximate surface area is 103 Å². The minimum Gasteiger partial charge on any atom is -0.366 e. The topological polar surface area (TPSA) is 27.0 Å². The molecule has 0 aliphatic heterocycles. The quantitative estimate of drug-likeness (QED) is 0.849. The molecule has 1 aliphatic rings. The van der Waals surface area contributed by atoms with Crippen LogP contribution in [0, 0.1) is 17.1 Å². The van der Waals surface area contributed by atoms with Crippen LogP contribution in [0.4, 0.5) is 10.1 Å². The van der Waals surface area contributed by atoms with Crippen LogP contribution in [0.2, 0.25) is 0 Å². The molecule has 0 spiro atoms. The predicted molar refractivity (Wildman–Crippen MR) is 64.9 cm³/mol. The number of anilines is 1. The molecule has 0 N–H and O–H groups in total. The Balaban J connectivity index is 2.41. The summed E-state index contributed by atoms with van der Waals surface area (Å²) in [4.78, 5) is 2.06. The van der Waals surface area contributed by atoms with Gasteiger partial charge in [0.1, 0.15) is 6.07 Å². The highest BCUT2D eigenvalue weighted by Gasteiger charge is 2.30. The highest BCUT2D eigenvalue weighted by molar-refractivity contribution is 9.10. The second-order valence-corrected chi connectivity index (χ2v) is 4.68. The van der Waals surface area contributed by atoms with Crippen molar-refractivity contribution in [2.45, 2.75) is 25.8 Å². The zero-order valence-electron chi connectivity index (χ0n) is 9.00. The van der Waals surface area contributed by atoms with Gasteiger partial charge in [-0.3, -0.25) is 0 Å². The van der Waals surface area contributed by atoms with Crippen molar-refractivity contribution in [1.29, 1.82) is 5.26 Å². The summed E-state index contributed by atoms with van der Waals surface area (Å²) in [6, 6.07) is 5.79. The highest BCUT2D eigenvalue weighted by atomic mass is 79.9. The van der Waals surface area contributed by atoms with Gasteiger partial charge in [0.25, 0.3) is 0 Å². The molecule has 0 saturated heterocycles. The molecular formula is C12H12BrFN2. The van der Waals surface area contributed by atoms with E-state index in [0.29, 0.717) is 17.3 Å². The van der Waals surface area contributed by atoms with E-state index in [-0.39, 0.29) is 10.3 Å². The number of halogens is 2. The zero-order chi connectivity index (χ0) is 11.7. The first-order valence-corrected chi connectivity index (χ1v) is 6.13. The van der Waals surface area contributed by atoms with Crippen LogP contribution in [-0.2, 0) is 0 Å². The fourth-order valence-corrected chi connectivity index (χ4v) is 2.28. The molecule has 1 aromatic rings. The lowest BCUT2D eigenvalue weighted by molar-refractivity contribution is 0.610. The molecule has 84 valence electrons. The Kier molecular flexibility index (Phi) is 3.15. The normalized spacial score (nSPS) is 14.6. The van der Waals surface area contributed by atoms with Crippen LogP contribution < -0.4 is 4.90 Å². The van der Waals surface area contributed by atoms with E-state index in [1.54, 1.807) is 12.1 Å². The lowest BCUT2D eigenvalue weighted by Gasteiger charge is -2.23. The average Bonchev–Trinajstić information content (AvgIpc) is 3.10. The van der Waals surface area contributed by atoms with Crippen molar-refractivity contribution in [1.82, 2.24) is 0 Å². The van der Waals surface area contributed by atoms with Gasteiger partial charge in [0, 0.05) is 12.6 Å². The predicted octanol–water partition coefficient (Wildman–Crippen LogP) is 3.45. The first kappa shape index (κ1) is 11.4. The maximum Gasteiger partial charge on any atom is 0.161 e. The summed E-state index contributed by atoms with van der Waals surface area (Å²) >= 11 is 3.13. The van der Waals surface area contributed by atoms with Crippen molar-refractivity contribution >= 4 is 21.6 Å². The molecular weight excluding hydrogens is 271 g/mol. The van der Waals surface area contributed by atoms with Gasteiger partial charge < -0.3 is 4.90 Å². The molecule has 2 nitrogen and oxygen atoms in total. The van der Waals surface area contributed by atoms with E-state index in [0.717, 1.165) is 19.4 Å². The molecule has 0 aromatic heterocycles. The third kappa shape index (κ3) is 1.92. The molecule has 2 rings (SSSR count). The van der Waals surface area contributed by atoms with E-state index in [1.165, 1.54) is 0 Å². The summed E-state index contributed by atoms with van der Waals surface area (Å²) < 4.78 is 14.3. The third-order valence-corrected chi connectivity index (χ3v) is 3.60. The minimum atomic E-state index is -0.326. The average molecular weight is 283 g/mol. The summed E-state index contributed by atoms with van der Waals surface area (Å²) in [7, 11) is 0. The summed E-state index contributed by atoms with van der Waals surface area (Å²) in [6.07, 6.45) is 2.26. The molecule has 4 heteroatoms. The molecule has 0 amide bonds. The van der Waals surface area contributed by atoms with E-state index in [1.807, 2.05) is 13.0 Å². The number of hydrogen-bond donors (Lipinski definition) is 0. The Morgan fingerprint density at radius 3 is 2.75 bits per heavy atom. The third-order valence-electron chi connectivity index (χ3n) is 2.82. The highest BCUT2D eigenvalue weighted by Crippen LogP contribution is 2.35. The standard InChI is InChI=1S/C12H12BrFN2/c1-2-16(9-4-5-9)10-6-3-8(7-15)11(13)12(10)14/h3,6,9H,2,4-5H2,1H3. The van der Waals surface area contributed by atoms with Gasteiger partial charge in [-0.05, 0) is 47.8 Å². The van der Waals surface area contributed by atoms with Crippen molar-refractivity contribution < 1.29 is 4.39 Å². The zero-order valence-corrected chi connectivity index (χ0v) is 10.6. The minimum absolute atomic E-state index is 0.270. The van der Waals surface area contributed by atoms with Crippen molar-refractivity contribution in [3.63, 3.8) is 0 Å². The van der Waals surface area contributed by atoms with Crippen molar-refractivity contribution in [3.05, 3.63) is 28.0 Å². The summed E-state index contributed by atoms with van der Waals surface area (Å²) in [5, 5.41) is 8.79. The molecule has 0 bridgehead atoms. The molecule has 1 aromatic carbocycles. The van der Waals surface area contributed by atoms with Crippen LogP contribution in [0.15, 0.2) is 16.6 Å². The Morgan fingerprint density at radius 2 is 2.25 bits per heavy atom. The largest absolute Gasteiger partial charge is 0.366 e. The van der Waals surface area contributed by atoms with Gasteiger partial charge in [-0.1, -0.05) is 0 Å². The van der Waals surface area contributed by atoms with Crippen LogP contribution in [0.25, 0.3) is 0 Å². The summed E-state index contributed by atoms with van der Waals surface area (Å²) in [5.41, 5.74) is 0.934. The monoisotopic (exact) mass is 282 g/mol. The van der Waals surface area contributed by atoms with Crippen molar-refractivity contribution in [2.24, 2.45) is 0 Å². The Bertz CT molecular complexity index is 449. The number of nitrogens with zero attached hydrogens (tertiary/aromatic N) is 2. The van der Waals surface area contributed by atoms with Crippen molar-refractivity contribution in [2.75, 3.05) is 11.4 Å².